The van der Waals surface area contributed by atoms with Crippen molar-refractivity contribution in [2.75, 3.05) is 6.26 Å². The highest BCUT2D eigenvalue weighted by Crippen LogP contribution is 2.32. The highest BCUT2D eigenvalue weighted by atomic mass is 79.9. The fraction of sp³-hybridized carbons (Fsp3) is 0.235. The number of aryl methyl sites for hydroxylation is 1. The van der Waals surface area contributed by atoms with Crippen molar-refractivity contribution in [1.82, 2.24) is 5.32 Å². The maximum absolute atomic E-state index is 13.4. The summed E-state index contributed by atoms with van der Waals surface area (Å²) in [7, 11) is -3.45. The molecule has 0 heterocycles. The number of hydrogen-bond acceptors (Lipinski definition) is 3. The van der Waals surface area contributed by atoms with E-state index in [1.54, 1.807) is 12.1 Å². The molecule has 0 bridgehead atoms. The summed E-state index contributed by atoms with van der Waals surface area (Å²) in [5.74, 6) is -0.715. The number of carbonyl (C=O) groups is 1. The van der Waals surface area contributed by atoms with Crippen LogP contribution in [0.4, 0.5) is 4.39 Å². The van der Waals surface area contributed by atoms with Gasteiger partial charge in [0.25, 0.3) is 5.91 Å². The molecule has 1 atom stereocenters. The van der Waals surface area contributed by atoms with Crippen LogP contribution in [-0.2, 0) is 16.3 Å². The minimum atomic E-state index is -3.45. The molecule has 126 valence electrons. The van der Waals surface area contributed by atoms with Gasteiger partial charge in [-0.05, 0) is 70.2 Å². The smallest absolute Gasteiger partial charge is 0.251 e. The lowest BCUT2D eigenvalue weighted by atomic mass is 10.1. The number of nitrogens with one attached hydrogen (secondary N) is 1. The molecule has 0 spiro atoms. The first-order valence-electron chi connectivity index (χ1n) is 7.34. The van der Waals surface area contributed by atoms with E-state index in [-0.39, 0.29) is 28.2 Å². The van der Waals surface area contributed by atoms with Gasteiger partial charge in [-0.2, -0.15) is 0 Å². The molecule has 2 aromatic carbocycles. The Labute approximate surface area is 148 Å². The molecule has 0 saturated carbocycles. The molecule has 2 aromatic rings. The normalized spacial score (nSPS) is 16.7. The molecule has 0 radical (unpaired) electrons. The average Bonchev–Trinajstić information content (AvgIpc) is 2.88. The van der Waals surface area contributed by atoms with E-state index < -0.39 is 9.84 Å². The number of halogens is 2. The molecule has 1 amide bonds. The van der Waals surface area contributed by atoms with E-state index in [1.807, 2.05) is 0 Å². The van der Waals surface area contributed by atoms with E-state index >= 15 is 0 Å². The zero-order valence-corrected chi connectivity index (χ0v) is 15.2. The fourth-order valence-electron chi connectivity index (χ4n) is 2.89. The SMILES string of the molecule is CS(=O)(=O)c1cc(C(=O)NC2CCc3ccc(F)cc32)ccc1Br. The molecule has 1 aliphatic rings. The molecular formula is C17H15BrFNO3S. The molecule has 3 rings (SSSR count). The van der Waals surface area contributed by atoms with Crippen molar-refractivity contribution in [2.24, 2.45) is 0 Å². The summed E-state index contributed by atoms with van der Waals surface area (Å²) in [5.41, 5.74) is 2.06. The van der Waals surface area contributed by atoms with Crippen molar-refractivity contribution in [3.8, 4) is 0 Å². The second-order valence-corrected chi connectivity index (χ2v) is 8.66. The Morgan fingerprint density at radius 1 is 1.25 bits per heavy atom. The van der Waals surface area contributed by atoms with Crippen LogP contribution >= 0.6 is 15.9 Å². The fourth-order valence-corrected chi connectivity index (χ4v) is 4.79. The predicted octanol–water partition coefficient (Wildman–Crippen LogP) is 3.41. The first kappa shape index (κ1) is 17.1. The Kier molecular flexibility index (Phi) is 4.48. The lowest BCUT2D eigenvalue weighted by Crippen LogP contribution is -2.27. The van der Waals surface area contributed by atoms with Crippen molar-refractivity contribution in [2.45, 2.75) is 23.8 Å². The Morgan fingerprint density at radius 2 is 2.00 bits per heavy atom. The van der Waals surface area contributed by atoms with Crippen LogP contribution < -0.4 is 5.32 Å². The Bertz CT molecular complexity index is 927. The second kappa shape index (κ2) is 6.29. The summed E-state index contributed by atoms with van der Waals surface area (Å²) < 4.78 is 37.4. The lowest BCUT2D eigenvalue weighted by Gasteiger charge is -2.15. The third-order valence-corrected chi connectivity index (χ3v) is 6.17. The highest BCUT2D eigenvalue weighted by Gasteiger charge is 2.25. The van der Waals surface area contributed by atoms with Crippen LogP contribution in [0.1, 0.15) is 33.9 Å². The molecule has 0 aliphatic heterocycles. The van der Waals surface area contributed by atoms with Gasteiger partial charge in [0, 0.05) is 16.3 Å². The van der Waals surface area contributed by atoms with Crippen LogP contribution in [0.2, 0.25) is 0 Å². The van der Waals surface area contributed by atoms with E-state index in [4.69, 9.17) is 0 Å². The van der Waals surface area contributed by atoms with Gasteiger partial charge >= 0.3 is 0 Å². The summed E-state index contributed by atoms with van der Waals surface area (Å²) in [5, 5.41) is 2.86. The van der Waals surface area contributed by atoms with E-state index in [0.717, 1.165) is 23.8 Å². The first-order chi connectivity index (χ1) is 11.3. The van der Waals surface area contributed by atoms with Crippen molar-refractivity contribution in [3.63, 3.8) is 0 Å². The summed E-state index contributed by atoms with van der Waals surface area (Å²) in [4.78, 5) is 12.5. The standard InChI is InChI=1S/C17H15BrFNO3S/c1-24(22,23)16-8-11(3-6-14(16)18)17(21)20-15-7-4-10-2-5-12(19)9-13(10)15/h2-3,5-6,8-9,15H,4,7H2,1H3,(H,20,21). The van der Waals surface area contributed by atoms with Gasteiger partial charge in [0.2, 0.25) is 0 Å². The lowest BCUT2D eigenvalue weighted by molar-refractivity contribution is 0.0936. The second-order valence-electron chi connectivity index (χ2n) is 5.83. The first-order valence-corrected chi connectivity index (χ1v) is 10.0. The monoisotopic (exact) mass is 411 g/mol. The predicted molar refractivity (Wildman–Crippen MR) is 92.2 cm³/mol. The molecule has 0 saturated heterocycles. The van der Waals surface area contributed by atoms with Crippen LogP contribution in [-0.4, -0.2) is 20.6 Å². The molecular weight excluding hydrogens is 397 g/mol. The number of rotatable bonds is 3. The summed E-state index contributed by atoms with van der Waals surface area (Å²) in [6.07, 6.45) is 2.56. The maximum Gasteiger partial charge on any atom is 0.251 e. The van der Waals surface area contributed by atoms with E-state index in [1.165, 1.54) is 24.3 Å². The van der Waals surface area contributed by atoms with Crippen molar-refractivity contribution in [1.29, 1.82) is 0 Å². The van der Waals surface area contributed by atoms with Gasteiger partial charge in [-0.25, -0.2) is 12.8 Å². The molecule has 1 unspecified atom stereocenters. The zero-order valence-electron chi connectivity index (χ0n) is 12.8. The van der Waals surface area contributed by atoms with E-state index in [0.29, 0.717) is 10.9 Å². The van der Waals surface area contributed by atoms with Gasteiger partial charge < -0.3 is 5.32 Å². The molecule has 7 heteroatoms. The maximum atomic E-state index is 13.4. The van der Waals surface area contributed by atoms with Gasteiger partial charge in [0.15, 0.2) is 9.84 Å². The highest BCUT2D eigenvalue weighted by molar-refractivity contribution is 9.10. The van der Waals surface area contributed by atoms with Gasteiger partial charge in [-0.15, -0.1) is 0 Å². The number of sulfone groups is 1. The van der Waals surface area contributed by atoms with Crippen molar-refractivity contribution < 1.29 is 17.6 Å². The van der Waals surface area contributed by atoms with Crippen LogP contribution in [0.15, 0.2) is 45.8 Å². The Balaban J connectivity index is 1.86. The largest absolute Gasteiger partial charge is 0.345 e. The van der Waals surface area contributed by atoms with Crippen LogP contribution in [0, 0.1) is 5.82 Å². The van der Waals surface area contributed by atoms with Crippen LogP contribution in [0.5, 0.6) is 0 Å². The number of fused-ring (bicyclic) bond motifs is 1. The zero-order chi connectivity index (χ0) is 17.5. The van der Waals surface area contributed by atoms with E-state index in [2.05, 4.69) is 21.2 Å². The van der Waals surface area contributed by atoms with Crippen molar-refractivity contribution >= 4 is 31.7 Å². The topological polar surface area (TPSA) is 63.2 Å². The molecule has 1 N–H and O–H groups in total. The van der Waals surface area contributed by atoms with Gasteiger partial charge in [-0.1, -0.05) is 6.07 Å². The molecule has 24 heavy (non-hydrogen) atoms. The third kappa shape index (κ3) is 3.37. The number of hydrogen-bond donors (Lipinski definition) is 1. The number of amides is 1. The Hall–Kier alpha value is -1.73. The van der Waals surface area contributed by atoms with Crippen LogP contribution in [0.3, 0.4) is 0 Å². The van der Waals surface area contributed by atoms with Gasteiger partial charge in [0.05, 0.1) is 10.9 Å². The van der Waals surface area contributed by atoms with E-state index in [9.17, 15) is 17.6 Å². The average molecular weight is 412 g/mol. The van der Waals surface area contributed by atoms with Crippen molar-refractivity contribution in [3.05, 3.63) is 63.4 Å². The number of benzene rings is 2. The summed E-state index contributed by atoms with van der Waals surface area (Å²) in [6, 6.07) is 8.75. The summed E-state index contributed by atoms with van der Waals surface area (Å²) in [6.45, 7) is 0. The van der Waals surface area contributed by atoms with Crippen LogP contribution in [0.25, 0.3) is 0 Å². The number of carbonyl (C=O) groups excluding carboxylic acids is 1. The molecule has 1 aliphatic carbocycles. The van der Waals surface area contributed by atoms with Gasteiger partial charge in [0.1, 0.15) is 5.82 Å². The quantitative estimate of drug-likeness (QED) is 0.841. The summed E-state index contributed by atoms with van der Waals surface area (Å²) >= 11 is 3.18. The minimum absolute atomic E-state index is 0.0630. The third-order valence-electron chi connectivity index (χ3n) is 4.08. The minimum Gasteiger partial charge on any atom is -0.345 e. The Morgan fingerprint density at radius 3 is 2.71 bits per heavy atom. The molecule has 4 nitrogen and oxygen atoms in total. The van der Waals surface area contributed by atoms with Gasteiger partial charge in [-0.3, -0.25) is 4.79 Å². The molecule has 0 fully saturated rings. The molecule has 0 aromatic heterocycles.